The van der Waals surface area contributed by atoms with Crippen LogP contribution in [0, 0.1) is 46.3 Å². The molecule has 9 unspecified atom stereocenters. The molecule has 1 nitrogen and oxygen atoms in total. The Morgan fingerprint density at radius 2 is 1.96 bits per heavy atom. The van der Waals surface area contributed by atoms with Gasteiger partial charge in [0.15, 0.2) is 0 Å². The summed E-state index contributed by atoms with van der Waals surface area (Å²) in [5.41, 5.74) is 3.98. The molecule has 9 atom stereocenters. The van der Waals surface area contributed by atoms with E-state index in [0.717, 1.165) is 48.3 Å². The largest absolute Gasteiger partial charge is 0.393 e. The molecule has 0 aliphatic heterocycles. The minimum atomic E-state index is -0.0816. The number of aliphatic hydroxyl groups excluding tert-OH is 1. The van der Waals surface area contributed by atoms with Gasteiger partial charge < -0.3 is 5.11 Å². The van der Waals surface area contributed by atoms with Crippen molar-refractivity contribution in [2.24, 2.45) is 46.3 Å². The Morgan fingerprint density at radius 3 is 2.71 bits per heavy atom. The Kier molecular flexibility index (Phi) is 3.12. The minimum absolute atomic E-state index is 0.0816. The maximum absolute atomic E-state index is 10.1. The summed E-state index contributed by atoms with van der Waals surface area (Å²) in [5, 5.41) is 10.1. The lowest BCUT2D eigenvalue weighted by atomic mass is 9.46. The summed E-state index contributed by atoms with van der Waals surface area (Å²) in [5.74, 6) is 5.45. The second-order valence-corrected chi connectivity index (χ2v) is 10.5. The molecule has 1 N–H and O–H groups in total. The zero-order valence-electron chi connectivity index (χ0n) is 15.7. The van der Waals surface area contributed by atoms with Crippen LogP contribution in [0.15, 0.2) is 23.8 Å². The number of allylic oxidation sites excluding steroid dienone is 2. The van der Waals surface area contributed by atoms with E-state index in [1.165, 1.54) is 37.7 Å². The van der Waals surface area contributed by atoms with E-state index in [1.54, 1.807) is 5.57 Å². The second kappa shape index (κ2) is 4.78. The van der Waals surface area contributed by atoms with Gasteiger partial charge in [-0.1, -0.05) is 37.6 Å². The standard InChI is InChI=1S/C23H34O/c1-13(2)20-17-12-18(17)21-16-6-5-14-11-15(24)7-9-22(14,3)19(16)8-10-23(20,21)4/h5,15-21,24H,1,6-12H2,2-4H3. The average molecular weight is 327 g/mol. The number of hydrogen-bond acceptors (Lipinski definition) is 1. The Labute approximate surface area is 147 Å². The van der Waals surface area contributed by atoms with Gasteiger partial charge in [-0.3, -0.25) is 0 Å². The highest BCUT2D eigenvalue weighted by molar-refractivity contribution is 5.29. The first-order chi connectivity index (χ1) is 11.4. The van der Waals surface area contributed by atoms with Crippen LogP contribution < -0.4 is 0 Å². The van der Waals surface area contributed by atoms with Gasteiger partial charge in [0, 0.05) is 0 Å². The quantitative estimate of drug-likeness (QED) is 0.643. The lowest BCUT2D eigenvalue weighted by Gasteiger charge is -2.59. The molecule has 0 saturated heterocycles. The lowest BCUT2D eigenvalue weighted by Crippen LogP contribution is -2.51. The third-order valence-electron chi connectivity index (χ3n) is 9.40. The third-order valence-corrected chi connectivity index (χ3v) is 9.40. The summed E-state index contributed by atoms with van der Waals surface area (Å²) in [6.07, 6.45) is 11.2. The molecule has 0 aromatic carbocycles. The van der Waals surface area contributed by atoms with Gasteiger partial charge >= 0.3 is 0 Å². The molecule has 5 aliphatic rings. The van der Waals surface area contributed by atoms with Crippen LogP contribution in [0.3, 0.4) is 0 Å². The average Bonchev–Trinajstić information content (AvgIpc) is 3.21. The molecule has 24 heavy (non-hydrogen) atoms. The second-order valence-electron chi connectivity index (χ2n) is 10.5. The highest BCUT2D eigenvalue weighted by atomic mass is 16.3. The van der Waals surface area contributed by atoms with Crippen molar-refractivity contribution in [3.8, 4) is 0 Å². The molecule has 132 valence electrons. The van der Waals surface area contributed by atoms with Crippen LogP contribution in [0.2, 0.25) is 0 Å². The van der Waals surface area contributed by atoms with Crippen molar-refractivity contribution in [3.63, 3.8) is 0 Å². The summed E-state index contributed by atoms with van der Waals surface area (Å²) in [6, 6.07) is 0. The smallest absolute Gasteiger partial charge is 0.0577 e. The van der Waals surface area contributed by atoms with Crippen molar-refractivity contribution < 1.29 is 5.11 Å². The molecule has 5 rings (SSSR count). The molecule has 0 heterocycles. The molecular weight excluding hydrogens is 292 g/mol. The molecule has 0 aromatic rings. The van der Waals surface area contributed by atoms with E-state index in [4.69, 9.17) is 0 Å². The number of hydrogen-bond donors (Lipinski definition) is 1. The normalized spacial score (nSPS) is 58.0. The predicted octanol–water partition coefficient (Wildman–Crippen LogP) is 5.36. The van der Waals surface area contributed by atoms with Crippen molar-refractivity contribution in [1.29, 1.82) is 0 Å². The fourth-order valence-electron chi connectivity index (χ4n) is 8.54. The molecule has 1 heteroatoms. The van der Waals surface area contributed by atoms with Crippen molar-refractivity contribution >= 4 is 0 Å². The van der Waals surface area contributed by atoms with E-state index in [2.05, 4.69) is 33.4 Å². The van der Waals surface area contributed by atoms with E-state index in [1.807, 2.05) is 0 Å². The molecule has 0 aromatic heterocycles. The van der Waals surface area contributed by atoms with Crippen LogP contribution in [0.5, 0.6) is 0 Å². The SMILES string of the molecule is C=C(C)C1C2CC2C2C3CC=C4CC(O)CCC4(C)C3CCC12C. The zero-order valence-corrected chi connectivity index (χ0v) is 15.7. The third kappa shape index (κ3) is 1.81. The zero-order chi connectivity index (χ0) is 16.9. The molecule has 0 amide bonds. The maximum Gasteiger partial charge on any atom is 0.0577 e. The fourth-order valence-corrected chi connectivity index (χ4v) is 8.54. The highest BCUT2D eigenvalue weighted by Crippen LogP contribution is 2.76. The molecule has 0 bridgehead atoms. The summed E-state index contributed by atoms with van der Waals surface area (Å²) in [7, 11) is 0. The van der Waals surface area contributed by atoms with Crippen LogP contribution in [0.4, 0.5) is 0 Å². The van der Waals surface area contributed by atoms with Crippen LogP contribution in [0.1, 0.15) is 65.7 Å². The Balaban J connectivity index is 1.52. The van der Waals surface area contributed by atoms with Crippen molar-refractivity contribution in [2.45, 2.75) is 71.8 Å². The molecule has 4 saturated carbocycles. The number of fused-ring (bicyclic) bond motifs is 7. The maximum atomic E-state index is 10.1. The minimum Gasteiger partial charge on any atom is -0.393 e. The summed E-state index contributed by atoms with van der Waals surface area (Å²) < 4.78 is 0. The fraction of sp³-hybridized carbons (Fsp3) is 0.826. The molecule has 4 fully saturated rings. The van der Waals surface area contributed by atoms with Gasteiger partial charge in [0.2, 0.25) is 0 Å². The van der Waals surface area contributed by atoms with Gasteiger partial charge in [-0.05, 0) is 98.2 Å². The molecule has 5 aliphatic carbocycles. The lowest BCUT2D eigenvalue weighted by molar-refractivity contribution is -0.0584. The Bertz CT molecular complexity index is 618. The van der Waals surface area contributed by atoms with Gasteiger partial charge in [0.1, 0.15) is 0 Å². The first kappa shape index (κ1) is 15.7. The van der Waals surface area contributed by atoms with Crippen LogP contribution in [-0.4, -0.2) is 11.2 Å². The van der Waals surface area contributed by atoms with Crippen molar-refractivity contribution in [3.05, 3.63) is 23.8 Å². The van der Waals surface area contributed by atoms with Gasteiger partial charge in [0.05, 0.1) is 6.10 Å². The van der Waals surface area contributed by atoms with Crippen LogP contribution in [-0.2, 0) is 0 Å². The summed E-state index contributed by atoms with van der Waals surface area (Å²) >= 11 is 0. The van der Waals surface area contributed by atoms with Gasteiger partial charge in [-0.2, -0.15) is 0 Å². The topological polar surface area (TPSA) is 20.2 Å². The Hall–Kier alpha value is -0.560. The van der Waals surface area contributed by atoms with Crippen molar-refractivity contribution in [2.75, 3.05) is 0 Å². The molecule has 0 spiro atoms. The van der Waals surface area contributed by atoms with E-state index < -0.39 is 0 Å². The predicted molar refractivity (Wildman–Crippen MR) is 98.4 cm³/mol. The van der Waals surface area contributed by atoms with E-state index in [-0.39, 0.29) is 6.10 Å². The first-order valence-electron chi connectivity index (χ1n) is 10.4. The van der Waals surface area contributed by atoms with E-state index in [0.29, 0.717) is 10.8 Å². The molecule has 0 radical (unpaired) electrons. The first-order valence-corrected chi connectivity index (χ1v) is 10.4. The summed E-state index contributed by atoms with van der Waals surface area (Å²) in [6.45, 7) is 11.9. The van der Waals surface area contributed by atoms with E-state index in [9.17, 15) is 5.11 Å². The van der Waals surface area contributed by atoms with Gasteiger partial charge in [-0.15, -0.1) is 0 Å². The monoisotopic (exact) mass is 326 g/mol. The van der Waals surface area contributed by atoms with Crippen molar-refractivity contribution in [1.82, 2.24) is 0 Å². The van der Waals surface area contributed by atoms with Crippen LogP contribution >= 0.6 is 0 Å². The van der Waals surface area contributed by atoms with Crippen LogP contribution in [0.25, 0.3) is 0 Å². The van der Waals surface area contributed by atoms with E-state index >= 15 is 0 Å². The molecular formula is C23H34O. The number of aliphatic hydroxyl groups is 1. The summed E-state index contributed by atoms with van der Waals surface area (Å²) in [4.78, 5) is 0. The Morgan fingerprint density at radius 1 is 1.17 bits per heavy atom. The number of rotatable bonds is 1. The van der Waals surface area contributed by atoms with Gasteiger partial charge in [0.25, 0.3) is 0 Å². The highest BCUT2D eigenvalue weighted by Gasteiger charge is 2.69. The van der Waals surface area contributed by atoms with Gasteiger partial charge in [-0.25, -0.2) is 0 Å².